The normalized spacial score (nSPS) is 28.5. The molecule has 1 N–H and O–H groups in total. The fourth-order valence-electron chi connectivity index (χ4n) is 1.68. The first kappa shape index (κ1) is 11.7. The summed E-state index contributed by atoms with van der Waals surface area (Å²) in [6.45, 7) is -4.78. The summed E-state index contributed by atoms with van der Waals surface area (Å²) in [4.78, 5) is 0. The van der Waals surface area contributed by atoms with Crippen LogP contribution in [0.5, 0.6) is 0 Å². The Labute approximate surface area is 79.1 Å². The van der Waals surface area contributed by atoms with Gasteiger partial charge in [-0.25, -0.2) is 8.78 Å². The smallest absolute Gasteiger partial charge is 0.449 e. The van der Waals surface area contributed by atoms with E-state index in [0.717, 1.165) is 0 Å². The molecule has 1 aliphatic heterocycles. The van der Waals surface area contributed by atoms with Crippen LogP contribution in [0.1, 0.15) is 12.8 Å². The monoisotopic (exact) mass is 216 g/mol. The molecule has 0 saturated carbocycles. The second-order valence-corrected chi connectivity index (χ2v) is 3.69. The minimum absolute atomic E-state index is 0.0916. The number of alkyl halides is 2. The molecule has 1 saturated heterocycles. The number of rotatable bonds is 2. The predicted molar refractivity (Wildman–Crippen MR) is 44.4 cm³/mol. The van der Waals surface area contributed by atoms with Crippen molar-refractivity contribution in [3.05, 3.63) is 0 Å². The van der Waals surface area contributed by atoms with Crippen LogP contribution in [0.4, 0.5) is 21.7 Å². The quantitative estimate of drug-likeness (QED) is 0.552. The summed E-state index contributed by atoms with van der Waals surface area (Å²) in [6, 6.07) is 0. The van der Waals surface area contributed by atoms with Gasteiger partial charge in [0.15, 0.2) is 0 Å². The van der Waals surface area contributed by atoms with E-state index in [-0.39, 0.29) is 19.5 Å². The van der Waals surface area contributed by atoms with Crippen LogP contribution in [0, 0.1) is 5.92 Å². The van der Waals surface area contributed by atoms with Gasteiger partial charge in [0.2, 0.25) is 5.92 Å². The van der Waals surface area contributed by atoms with Gasteiger partial charge < -0.3 is 18.3 Å². The van der Waals surface area contributed by atoms with Gasteiger partial charge in [-0.3, -0.25) is 0 Å². The lowest BCUT2D eigenvalue weighted by atomic mass is 9.74. The predicted octanol–water partition coefficient (Wildman–Crippen LogP) is 2.47. The molecule has 1 atom stereocenters. The molecule has 1 heterocycles. The van der Waals surface area contributed by atoms with Gasteiger partial charge in [-0.1, -0.05) is 6.32 Å². The summed E-state index contributed by atoms with van der Waals surface area (Å²) in [5, 5.41) is 2.68. The molecule has 0 amide bonds. The highest BCUT2D eigenvalue weighted by Crippen LogP contribution is 2.38. The highest BCUT2D eigenvalue weighted by molar-refractivity contribution is 6.58. The molecular formula is C7H12BF5N-. The molecule has 0 aromatic rings. The van der Waals surface area contributed by atoms with Crippen molar-refractivity contribution in [2.75, 3.05) is 13.1 Å². The number of hydrogen-bond donors (Lipinski definition) is 1. The fraction of sp³-hybridized carbons (Fsp3) is 1.00. The molecule has 14 heavy (non-hydrogen) atoms. The standard InChI is InChI=1S/C7H12BF5N/c9-7(10)2-4-14-3-1-6(7)5-8(11,12)13/h6,14H,1-5H2/q-1. The number of nitrogens with one attached hydrogen (secondary N) is 1. The summed E-state index contributed by atoms with van der Waals surface area (Å²) in [5.74, 6) is -4.72. The van der Waals surface area contributed by atoms with E-state index >= 15 is 0 Å². The molecule has 84 valence electrons. The molecule has 7 heteroatoms. The SMILES string of the molecule is F[B-](F)(F)CC1CCNCCC1(F)F. The topological polar surface area (TPSA) is 12.0 Å². The summed E-state index contributed by atoms with van der Waals surface area (Å²) in [6.07, 6.45) is -1.92. The molecule has 1 aliphatic rings. The molecular weight excluding hydrogens is 204 g/mol. The Kier molecular flexibility index (Phi) is 3.39. The van der Waals surface area contributed by atoms with E-state index in [9.17, 15) is 21.7 Å². The second kappa shape index (κ2) is 4.04. The maximum absolute atomic E-state index is 13.1. The average molecular weight is 216 g/mol. The van der Waals surface area contributed by atoms with Crippen molar-refractivity contribution >= 4 is 6.98 Å². The first-order chi connectivity index (χ1) is 6.31. The van der Waals surface area contributed by atoms with Gasteiger partial charge in [0, 0.05) is 18.9 Å². The maximum Gasteiger partial charge on any atom is 0.478 e. The summed E-state index contributed by atoms with van der Waals surface area (Å²) in [7, 11) is 0. The van der Waals surface area contributed by atoms with Crippen molar-refractivity contribution in [3.8, 4) is 0 Å². The van der Waals surface area contributed by atoms with Crippen LogP contribution in [0.3, 0.4) is 0 Å². The molecule has 0 radical (unpaired) electrons. The Morgan fingerprint density at radius 2 is 1.86 bits per heavy atom. The van der Waals surface area contributed by atoms with Gasteiger partial charge >= 0.3 is 6.98 Å². The summed E-state index contributed by atoms with van der Waals surface area (Å²) < 4.78 is 62.3. The van der Waals surface area contributed by atoms with E-state index in [0.29, 0.717) is 0 Å². The molecule has 0 aliphatic carbocycles. The lowest BCUT2D eigenvalue weighted by molar-refractivity contribution is -0.0556. The highest BCUT2D eigenvalue weighted by Gasteiger charge is 2.43. The Hall–Kier alpha value is -0.325. The van der Waals surface area contributed by atoms with Gasteiger partial charge in [-0.05, 0) is 13.0 Å². The molecule has 1 rings (SSSR count). The van der Waals surface area contributed by atoms with Gasteiger partial charge in [0.05, 0.1) is 0 Å². The van der Waals surface area contributed by atoms with Crippen LogP contribution in [0.2, 0.25) is 6.32 Å². The van der Waals surface area contributed by atoms with Gasteiger partial charge in [0.25, 0.3) is 0 Å². The number of halogens is 5. The lowest BCUT2D eigenvalue weighted by Gasteiger charge is -2.28. The van der Waals surface area contributed by atoms with Crippen LogP contribution in [-0.2, 0) is 0 Å². The van der Waals surface area contributed by atoms with Crippen molar-refractivity contribution in [1.29, 1.82) is 0 Å². The van der Waals surface area contributed by atoms with Crippen molar-refractivity contribution in [2.45, 2.75) is 25.1 Å². The first-order valence-electron chi connectivity index (χ1n) is 4.61. The van der Waals surface area contributed by atoms with Gasteiger partial charge in [0.1, 0.15) is 0 Å². The third kappa shape index (κ3) is 3.44. The molecule has 0 bridgehead atoms. The minimum Gasteiger partial charge on any atom is -0.449 e. The van der Waals surface area contributed by atoms with E-state index in [2.05, 4.69) is 5.32 Å². The third-order valence-corrected chi connectivity index (χ3v) is 2.45. The van der Waals surface area contributed by atoms with Crippen LogP contribution in [-0.4, -0.2) is 26.0 Å². The molecule has 0 spiro atoms. The number of hydrogen-bond acceptors (Lipinski definition) is 1. The second-order valence-electron chi connectivity index (χ2n) is 3.69. The fourth-order valence-corrected chi connectivity index (χ4v) is 1.68. The van der Waals surface area contributed by atoms with Crippen LogP contribution >= 0.6 is 0 Å². The average Bonchev–Trinajstić information content (AvgIpc) is 2.11. The Bertz CT molecular complexity index is 193. The zero-order valence-corrected chi connectivity index (χ0v) is 7.58. The maximum atomic E-state index is 13.1. The molecule has 1 fully saturated rings. The van der Waals surface area contributed by atoms with Crippen molar-refractivity contribution in [2.24, 2.45) is 5.92 Å². The van der Waals surface area contributed by atoms with Crippen LogP contribution < -0.4 is 5.32 Å². The van der Waals surface area contributed by atoms with Crippen molar-refractivity contribution in [1.82, 2.24) is 5.32 Å². The van der Waals surface area contributed by atoms with E-state index in [1.807, 2.05) is 0 Å². The van der Waals surface area contributed by atoms with E-state index in [1.165, 1.54) is 0 Å². The Morgan fingerprint density at radius 3 is 2.43 bits per heavy atom. The molecule has 0 aromatic carbocycles. The van der Waals surface area contributed by atoms with Gasteiger partial charge in [-0.2, -0.15) is 0 Å². The van der Waals surface area contributed by atoms with Gasteiger partial charge in [-0.15, -0.1) is 0 Å². The zero-order valence-electron chi connectivity index (χ0n) is 7.58. The largest absolute Gasteiger partial charge is 0.478 e. The summed E-state index contributed by atoms with van der Waals surface area (Å²) >= 11 is 0. The third-order valence-electron chi connectivity index (χ3n) is 2.45. The van der Waals surface area contributed by atoms with E-state index in [1.54, 1.807) is 0 Å². The Balaban J connectivity index is 2.63. The van der Waals surface area contributed by atoms with Crippen molar-refractivity contribution in [3.63, 3.8) is 0 Å². The van der Waals surface area contributed by atoms with E-state index < -0.39 is 31.6 Å². The molecule has 1 unspecified atom stereocenters. The first-order valence-corrected chi connectivity index (χ1v) is 4.61. The minimum atomic E-state index is -5.11. The van der Waals surface area contributed by atoms with E-state index in [4.69, 9.17) is 0 Å². The zero-order chi connectivity index (χ0) is 10.8. The van der Waals surface area contributed by atoms with Crippen LogP contribution in [0.15, 0.2) is 0 Å². The highest BCUT2D eigenvalue weighted by atomic mass is 19.4. The summed E-state index contributed by atoms with van der Waals surface area (Å²) in [5.41, 5.74) is 0. The lowest BCUT2D eigenvalue weighted by Crippen LogP contribution is -2.33. The van der Waals surface area contributed by atoms with Crippen molar-refractivity contribution < 1.29 is 21.7 Å². The Morgan fingerprint density at radius 1 is 1.21 bits per heavy atom. The van der Waals surface area contributed by atoms with Crippen LogP contribution in [0.25, 0.3) is 0 Å². The molecule has 0 aromatic heterocycles. The molecule has 1 nitrogen and oxygen atoms in total.